The van der Waals surface area contributed by atoms with Gasteiger partial charge in [0.2, 0.25) is 6.21 Å². The number of hydroxylamine groups is 1. The Morgan fingerprint density at radius 1 is 1.45 bits per heavy atom. The summed E-state index contributed by atoms with van der Waals surface area (Å²) in [5.41, 5.74) is 1.15. The summed E-state index contributed by atoms with van der Waals surface area (Å²) in [6.45, 7) is 2.28. The lowest BCUT2D eigenvalue weighted by atomic mass is 10.2. The lowest BCUT2D eigenvalue weighted by Crippen LogP contribution is -2.07. The number of carbonyl (C=O) groups excluding carboxylic acids is 1. The van der Waals surface area contributed by atoms with Crippen LogP contribution in [0.25, 0.3) is 0 Å². The van der Waals surface area contributed by atoms with Crippen LogP contribution in [0.1, 0.15) is 28.0 Å². The summed E-state index contributed by atoms with van der Waals surface area (Å²) in [6.07, 6.45) is 1.38. The molecule has 0 aliphatic heterocycles. The van der Waals surface area contributed by atoms with Gasteiger partial charge in [-0.15, -0.1) is 11.3 Å². The number of ether oxygens (including phenoxy) is 1. The van der Waals surface area contributed by atoms with Gasteiger partial charge in [0, 0.05) is 10.9 Å². The summed E-state index contributed by atoms with van der Waals surface area (Å²) in [5.74, 6) is -0.469. The standard InChI is InChI=1S/C14H14N2O3S/c1-2-19-14(17)12-10-20-13(15-12)9-16(18)8-11-6-4-3-5-7-11/h3-7,9-10H,2,8H2,1H3/b16-9-. The Hall–Kier alpha value is -2.21. The molecule has 5 nitrogen and oxygen atoms in total. The molecule has 1 heterocycles. The molecule has 0 radical (unpaired) electrons. The summed E-state index contributed by atoms with van der Waals surface area (Å²) in [7, 11) is 0. The van der Waals surface area contributed by atoms with Crippen LogP contribution in [0, 0.1) is 5.21 Å². The highest BCUT2D eigenvalue weighted by molar-refractivity contribution is 7.11. The van der Waals surface area contributed by atoms with Crippen LogP contribution in [0.4, 0.5) is 0 Å². The largest absolute Gasteiger partial charge is 0.623 e. The number of thiazole rings is 1. The molecule has 0 atom stereocenters. The first-order chi connectivity index (χ1) is 9.69. The number of aromatic nitrogens is 1. The third-order valence-electron chi connectivity index (χ3n) is 2.44. The highest BCUT2D eigenvalue weighted by atomic mass is 32.1. The summed E-state index contributed by atoms with van der Waals surface area (Å²) < 4.78 is 5.64. The molecule has 0 fully saturated rings. The highest BCUT2D eigenvalue weighted by Crippen LogP contribution is 2.09. The Balaban J connectivity index is 2.05. The number of hydrogen-bond acceptors (Lipinski definition) is 5. The van der Waals surface area contributed by atoms with Gasteiger partial charge in [0.1, 0.15) is 0 Å². The SMILES string of the molecule is CCOC(=O)c1csc(/C=[N+](\[O-])Cc2ccccc2)n1. The van der Waals surface area contributed by atoms with Gasteiger partial charge in [0.05, 0.1) is 6.61 Å². The number of benzene rings is 1. The zero-order valence-corrected chi connectivity index (χ0v) is 11.8. The average Bonchev–Trinajstić information content (AvgIpc) is 2.88. The Morgan fingerprint density at radius 2 is 2.20 bits per heavy atom. The van der Waals surface area contributed by atoms with E-state index in [9.17, 15) is 10.0 Å². The molecule has 1 aromatic heterocycles. The summed E-state index contributed by atoms with van der Waals surface area (Å²) in [5, 5.41) is 13.9. The molecule has 104 valence electrons. The zero-order valence-electron chi connectivity index (χ0n) is 11.0. The summed E-state index contributed by atoms with van der Waals surface area (Å²) >= 11 is 1.23. The van der Waals surface area contributed by atoms with Crippen molar-refractivity contribution in [3.63, 3.8) is 0 Å². The maximum atomic E-state index is 11.8. The summed E-state index contributed by atoms with van der Waals surface area (Å²) in [4.78, 5) is 15.5. The second kappa shape index (κ2) is 6.81. The zero-order chi connectivity index (χ0) is 14.4. The topological polar surface area (TPSA) is 65.3 Å². The predicted octanol–water partition coefficient (Wildman–Crippen LogP) is 2.45. The third-order valence-corrected chi connectivity index (χ3v) is 3.22. The normalized spacial score (nSPS) is 11.3. The molecule has 0 amide bonds. The van der Waals surface area contributed by atoms with E-state index in [2.05, 4.69) is 4.98 Å². The van der Waals surface area contributed by atoms with Crippen molar-refractivity contribution >= 4 is 23.5 Å². The highest BCUT2D eigenvalue weighted by Gasteiger charge is 2.12. The number of carbonyl (C=O) groups is 1. The Bertz CT molecular complexity index is 608. The van der Waals surface area contributed by atoms with Gasteiger partial charge in [-0.1, -0.05) is 30.3 Å². The van der Waals surface area contributed by atoms with Crippen LogP contribution in [0.5, 0.6) is 0 Å². The van der Waals surface area contributed by atoms with E-state index in [0.29, 0.717) is 11.6 Å². The van der Waals surface area contributed by atoms with Crippen LogP contribution in [-0.4, -0.2) is 28.5 Å². The van der Waals surface area contributed by atoms with E-state index < -0.39 is 5.97 Å². The maximum Gasteiger partial charge on any atom is 0.357 e. The lowest BCUT2D eigenvalue weighted by Gasteiger charge is -2.02. The molecule has 0 aliphatic carbocycles. The number of hydrogen-bond donors (Lipinski definition) is 0. The van der Waals surface area contributed by atoms with Crippen molar-refractivity contribution in [2.24, 2.45) is 0 Å². The smallest absolute Gasteiger partial charge is 0.357 e. The van der Waals surface area contributed by atoms with E-state index in [4.69, 9.17) is 4.74 Å². The van der Waals surface area contributed by atoms with Gasteiger partial charge in [-0.05, 0) is 6.92 Å². The van der Waals surface area contributed by atoms with Crippen molar-refractivity contribution in [2.75, 3.05) is 6.61 Å². The summed E-state index contributed by atoms with van der Waals surface area (Å²) in [6, 6.07) is 9.42. The van der Waals surface area contributed by atoms with Crippen LogP contribution < -0.4 is 0 Å². The number of nitrogens with zero attached hydrogens (tertiary/aromatic N) is 2. The van der Waals surface area contributed by atoms with Gasteiger partial charge in [-0.3, -0.25) is 0 Å². The van der Waals surface area contributed by atoms with Crippen LogP contribution in [0.3, 0.4) is 0 Å². The molecule has 2 rings (SSSR count). The molecular formula is C14H14N2O3S. The Morgan fingerprint density at radius 3 is 2.90 bits per heavy atom. The van der Waals surface area contributed by atoms with E-state index in [1.807, 2.05) is 30.3 Å². The molecule has 1 aromatic carbocycles. The molecule has 0 N–H and O–H groups in total. The molecule has 0 bridgehead atoms. The van der Waals surface area contributed by atoms with Crippen molar-refractivity contribution in [2.45, 2.75) is 13.5 Å². The fourth-order valence-electron chi connectivity index (χ4n) is 1.58. The van der Waals surface area contributed by atoms with Gasteiger partial charge in [-0.2, -0.15) is 0 Å². The quantitative estimate of drug-likeness (QED) is 0.279. The first-order valence-corrected chi connectivity index (χ1v) is 7.02. The van der Waals surface area contributed by atoms with Gasteiger partial charge in [0.15, 0.2) is 17.2 Å². The Kier molecular flexibility index (Phi) is 4.84. The minimum Gasteiger partial charge on any atom is -0.623 e. The number of rotatable bonds is 5. The van der Waals surface area contributed by atoms with Gasteiger partial charge < -0.3 is 9.94 Å². The molecule has 0 saturated heterocycles. The second-order valence-corrected chi connectivity index (χ2v) is 4.87. The third kappa shape index (κ3) is 3.89. The first kappa shape index (κ1) is 14.2. The van der Waals surface area contributed by atoms with Crippen molar-refractivity contribution < 1.29 is 14.3 Å². The second-order valence-electron chi connectivity index (χ2n) is 3.98. The minimum atomic E-state index is -0.469. The minimum absolute atomic E-state index is 0.233. The molecule has 6 heteroatoms. The monoisotopic (exact) mass is 290 g/mol. The Labute approximate surface area is 120 Å². The van der Waals surface area contributed by atoms with Gasteiger partial charge >= 0.3 is 5.97 Å². The molecule has 0 unspecified atom stereocenters. The fraction of sp³-hybridized carbons (Fsp3) is 0.214. The first-order valence-electron chi connectivity index (χ1n) is 6.14. The van der Waals surface area contributed by atoms with E-state index in [-0.39, 0.29) is 12.2 Å². The van der Waals surface area contributed by atoms with Gasteiger partial charge in [0.25, 0.3) is 0 Å². The van der Waals surface area contributed by atoms with Crippen molar-refractivity contribution in [1.29, 1.82) is 0 Å². The van der Waals surface area contributed by atoms with Crippen LogP contribution in [0.2, 0.25) is 0 Å². The van der Waals surface area contributed by atoms with E-state index in [1.54, 1.807) is 12.3 Å². The van der Waals surface area contributed by atoms with Crippen LogP contribution in [-0.2, 0) is 11.3 Å². The predicted molar refractivity (Wildman–Crippen MR) is 77.0 cm³/mol. The molecule has 0 aliphatic rings. The van der Waals surface area contributed by atoms with Crippen molar-refractivity contribution in [1.82, 2.24) is 4.98 Å². The van der Waals surface area contributed by atoms with E-state index in [0.717, 1.165) is 10.3 Å². The van der Waals surface area contributed by atoms with Crippen LogP contribution >= 0.6 is 11.3 Å². The fourth-order valence-corrected chi connectivity index (χ4v) is 2.29. The molecule has 20 heavy (non-hydrogen) atoms. The average molecular weight is 290 g/mol. The number of esters is 1. The van der Waals surface area contributed by atoms with Crippen LogP contribution in [0.15, 0.2) is 35.7 Å². The van der Waals surface area contributed by atoms with E-state index >= 15 is 0 Å². The maximum absolute atomic E-state index is 11.8. The van der Waals surface area contributed by atoms with Crippen molar-refractivity contribution in [3.05, 3.63) is 57.2 Å². The van der Waals surface area contributed by atoms with E-state index in [1.165, 1.54) is 17.6 Å². The van der Waals surface area contributed by atoms with Gasteiger partial charge in [-0.25, -0.2) is 14.5 Å². The molecule has 0 spiro atoms. The molecule has 2 aromatic rings. The lowest BCUT2D eigenvalue weighted by molar-refractivity contribution is -0.469. The molecular weight excluding hydrogens is 276 g/mol. The van der Waals surface area contributed by atoms with Crippen molar-refractivity contribution in [3.8, 4) is 0 Å². The molecule has 0 saturated carbocycles.